The van der Waals surface area contributed by atoms with E-state index in [0.29, 0.717) is 31.9 Å². The highest BCUT2D eigenvalue weighted by atomic mass is 16.6. The second-order valence-electron chi connectivity index (χ2n) is 7.68. The first-order chi connectivity index (χ1) is 12.7. The molecule has 2 heterocycles. The normalized spacial score (nSPS) is 15.0. The average Bonchev–Trinajstić information content (AvgIpc) is 3.02. The van der Waals surface area contributed by atoms with Gasteiger partial charge in [0.15, 0.2) is 0 Å². The van der Waals surface area contributed by atoms with Crippen LogP contribution in [0.2, 0.25) is 0 Å². The van der Waals surface area contributed by atoms with Crippen LogP contribution < -0.4 is 0 Å². The molecular weight excluding hydrogens is 344 g/mol. The summed E-state index contributed by atoms with van der Waals surface area (Å²) in [6.07, 6.45) is -0.334. The standard InChI is InChI=1S/C20H26N4O3/c1-15-14-17(24(21-15)16-8-6-5-7-9-16)18(25)22-10-12-23(13-11-22)19(26)27-20(2,3)4/h5-9,14H,10-13H2,1-4H3. The summed E-state index contributed by atoms with van der Waals surface area (Å²) in [6, 6.07) is 11.4. The Bertz CT molecular complexity index is 815. The van der Waals surface area contributed by atoms with Crippen LogP contribution in [0.15, 0.2) is 36.4 Å². The molecule has 1 fully saturated rings. The zero-order valence-electron chi connectivity index (χ0n) is 16.3. The third kappa shape index (κ3) is 4.48. The number of ether oxygens (including phenoxy) is 1. The lowest BCUT2D eigenvalue weighted by molar-refractivity contribution is 0.0139. The zero-order valence-corrected chi connectivity index (χ0v) is 16.3. The van der Waals surface area contributed by atoms with Gasteiger partial charge in [-0.1, -0.05) is 18.2 Å². The van der Waals surface area contributed by atoms with E-state index < -0.39 is 5.60 Å². The van der Waals surface area contributed by atoms with E-state index in [1.807, 2.05) is 58.0 Å². The minimum atomic E-state index is -0.524. The van der Waals surface area contributed by atoms with Crippen molar-refractivity contribution < 1.29 is 14.3 Å². The largest absolute Gasteiger partial charge is 0.444 e. The molecule has 0 radical (unpaired) electrons. The Morgan fingerprint density at radius 2 is 1.59 bits per heavy atom. The number of carbonyl (C=O) groups excluding carboxylic acids is 2. The number of amides is 2. The highest BCUT2D eigenvalue weighted by molar-refractivity contribution is 5.93. The summed E-state index contributed by atoms with van der Waals surface area (Å²) in [4.78, 5) is 28.6. The SMILES string of the molecule is Cc1cc(C(=O)N2CCN(C(=O)OC(C)(C)C)CC2)n(-c2ccccc2)n1. The molecule has 0 saturated carbocycles. The molecular formula is C20H26N4O3. The van der Waals surface area contributed by atoms with Gasteiger partial charge in [-0.3, -0.25) is 4.79 Å². The predicted molar refractivity (Wildman–Crippen MR) is 102 cm³/mol. The number of hydrogen-bond acceptors (Lipinski definition) is 4. The van der Waals surface area contributed by atoms with Gasteiger partial charge in [-0.15, -0.1) is 0 Å². The fraction of sp³-hybridized carbons (Fsp3) is 0.450. The molecule has 7 heteroatoms. The smallest absolute Gasteiger partial charge is 0.410 e. The van der Waals surface area contributed by atoms with Crippen LogP contribution in [0.4, 0.5) is 4.79 Å². The maximum Gasteiger partial charge on any atom is 0.410 e. The molecule has 7 nitrogen and oxygen atoms in total. The monoisotopic (exact) mass is 370 g/mol. The molecule has 1 aliphatic rings. The van der Waals surface area contributed by atoms with Gasteiger partial charge in [0.25, 0.3) is 5.91 Å². The van der Waals surface area contributed by atoms with E-state index in [9.17, 15) is 9.59 Å². The third-order valence-corrected chi connectivity index (χ3v) is 4.27. The van der Waals surface area contributed by atoms with Crippen LogP contribution >= 0.6 is 0 Å². The van der Waals surface area contributed by atoms with Crippen LogP contribution in [-0.4, -0.2) is 63.4 Å². The first kappa shape index (κ1) is 18.9. The molecule has 1 aromatic heterocycles. The molecule has 1 saturated heterocycles. The lowest BCUT2D eigenvalue weighted by atomic mass is 10.2. The average molecular weight is 370 g/mol. The topological polar surface area (TPSA) is 67.7 Å². The van der Waals surface area contributed by atoms with Crippen molar-refractivity contribution in [3.63, 3.8) is 0 Å². The molecule has 1 aliphatic heterocycles. The number of para-hydroxylation sites is 1. The maximum absolute atomic E-state index is 13.0. The van der Waals surface area contributed by atoms with Crippen molar-refractivity contribution in [3.05, 3.63) is 47.8 Å². The Morgan fingerprint density at radius 1 is 1.00 bits per heavy atom. The molecule has 0 atom stereocenters. The highest BCUT2D eigenvalue weighted by Crippen LogP contribution is 2.17. The number of piperazine rings is 1. The van der Waals surface area contributed by atoms with Crippen molar-refractivity contribution in [2.24, 2.45) is 0 Å². The Labute approximate surface area is 159 Å². The molecule has 0 spiro atoms. The third-order valence-electron chi connectivity index (χ3n) is 4.27. The maximum atomic E-state index is 13.0. The summed E-state index contributed by atoms with van der Waals surface area (Å²) in [5.41, 5.74) is 1.64. The Balaban J connectivity index is 1.70. The van der Waals surface area contributed by atoms with Gasteiger partial charge in [0.1, 0.15) is 11.3 Å². The number of aryl methyl sites for hydroxylation is 1. The van der Waals surface area contributed by atoms with E-state index in [-0.39, 0.29) is 12.0 Å². The van der Waals surface area contributed by atoms with Crippen molar-refractivity contribution in [1.29, 1.82) is 0 Å². The lowest BCUT2D eigenvalue weighted by Crippen LogP contribution is -2.51. The minimum Gasteiger partial charge on any atom is -0.444 e. The van der Waals surface area contributed by atoms with Crippen molar-refractivity contribution in [1.82, 2.24) is 19.6 Å². The first-order valence-electron chi connectivity index (χ1n) is 9.14. The molecule has 0 bridgehead atoms. The molecule has 144 valence electrons. The van der Waals surface area contributed by atoms with E-state index in [1.165, 1.54) is 0 Å². The molecule has 0 N–H and O–H groups in total. The number of nitrogens with zero attached hydrogens (tertiary/aromatic N) is 4. The fourth-order valence-corrected chi connectivity index (χ4v) is 3.00. The summed E-state index contributed by atoms with van der Waals surface area (Å²) in [5, 5.41) is 4.46. The van der Waals surface area contributed by atoms with Crippen LogP contribution in [0, 0.1) is 6.92 Å². The molecule has 3 rings (SSSR count). The molecule has 1 aromatic carbocycles. The second-order valence-corrected chi connectivity index (χ2v) is 7.68. The summed E-state index contributed by atoms with van der Waals surface area (Å²) < 4.78 is 7.09. The van der Waals surface area contributed by atoms with Gasteiger partial charge in [0.2, 0.25) is 0 Å². The van der Waals surface area contributed by atoms with Crippen LogP contribution in [0.25, 0.3) is 5.69 Å². The minimum absolute atomic E-state index is 0.0803. The first-order valence-corrected chi connectivity index (χ1v) is 9.14. The van der Waals surface area contributed by atoms with Crippen LogP contribution in [0.3, 0.4) is 0 Å². The Hall–Kier alpha value is -2.83. The number of benzene rings is 1. The van der Waals surface area contributed by atoms with Gasteiger partial charge in [-0.2, -0.15) is 5.10 Å². The quantitative estimate of drug-likeness (QED) is 0.815. The number of hydrogen-bond donors (Lipinski definition) is 0. The lowest BCUT2D eigenvalue weighted by Gasteiger charge is -2.35. The van der Waals surface area contributed by atoms with E-state index in [0.717, 1.165) is 11.4 Å². The van der Waals surface area contributed by atoms with E-state index in [1.54, 1.807) is 20.5 Å². The highest BCUT2D eigenvalue weighted by Gasteiger charge is 2.29. The van der Waals surface area contributed by atoms with Crippen molar-refractivity contribution >= 4 is 12.0 Å². The van der Waals surface area contributed by atoms with E-state index in [4.69, 9.17) is 4.74 Å². The van der Waals surface area contributed by atoms with Gasteiger partial charge < -0.3 is 14.5 Å². The van der Waals surface area contributed by atoms with Gasteiger partial charge >= 0.3 is 6.09 Å². The number of rotatable bonds is 2. The van der Waals surface area contributed by atoms with Gasteiger partial charge in [0, 0.05) is 26.2 Å². The Morgan fingerprint density at radius 3 is 2.19 bits per heavy atom. The molecule has 2 aromatic rings. The molecule has 0 unspecified atom stereocenters. The molecule has 2 amide bonds. The van der Waals surface area contributed by atoms with E-state index >= 15 is 0 Å². The molecule has 27 heavy (non-hydrogen) atoms. The van der Waals surface area contributed by atoms with Crippen LogP contribution in [0.1, 0.15) is 37.0 Å². The second kappa shape index (κ2) is 7.42. The Kier molecular flexibility index (Phi) is 5.21. The summed E-state index contributed by atoms with van der Waals surface area (Å²) in [7, 11) is 0. The summed E-state index contributed by atoms with van der Waals surface area (Å²) in [5.74, 6) is -0.0803. The fourth-order valence-electron chi connectivity index (χ4n) is 3.00. The van der Waals surface area contributed by atoms with Gasteiger partial charge in [-0.05, 0) is 45.9 Å². The van der Waals surface area contributed by atoms with Crippen LogP contribution in [-0.2, 0) is 4.74 Å². The van der Waals surface area contributed by atoms with Crippen LogP contribution in [0.5, 0.6) is 0 Å². The van der Waals surface area contributed by atoms with Crippen molar-refractivity contribution in [2.75, 3.05) is 26.2 Å². The van der Waals surface area contributed by atoms with Gasteiger partial charge in [-0.25, -0.2) is 9.48 Å². The number of aromatic nitrogens is 2. The zero-order chi connectivity index (χ0) is 19.6. The number of carbonyl (C=O) groups is 2. The predicted octanol–water partition coefficient (Wildman–Crippen LogP) is 2.87. The summed E-state index contributed by atoms with van der Waals surface area (Å²) >= 11 is 0. The van der Waals surface area contributed by atoms with Crippen molar-refractivity contribution in [3.8, 4) is 5.69 Å². The summed E-state index contributed by atoms with van der Waals surface area (Å²) in [6.45, 7) is 9.26. The van der Waals surface area contributed by atoms with Crippen molar-refractivity contribution in [2.45, 2.75) is 33.3 Å². The molecule has 0 aliphatic carbocycles. The van der Waals surface area contributed by atoms with E-state index in [2.05, 4.69) is 5.10 Å². The van der Waals surface area contributed by atoms with Gasteiger partial charge in [0.05, 0.1) is 11.4 Å².